The van der Waals surface area contributed by atoms with Gasteiger partial charge in [-0.2, -0.15) is 0 Å². The van der Waals surface area contributed by atoms with Gasteiger partial charge in [-0.15, -0.1) is 0 Å². The molecule has 0 bridgehead atoms. The van der Waals surface area contributed by atoms with Crippen molar-refractivity contribution in [1.29, 1.82) is 0 Å². The first-order valence-corrected chi connectivity index (χ1v) is 32.5. The predicted octanol–water partition coefficient (Wildman–Crippen LogP) is 12.1. The standard InChI is InChI=1S/C66H119NO13/c1-3-5-7-9-11-13-15-17-18-19-20-21-22-23-24-25-26-27-28-29-30-31-32-33-34-35-36-38-39-41-43-45-47-49-55(70)54(67-58(71)50-48-46-44-42-40-37-16-14-12-10-8-6-4-2)53-77-65-63(76)61(74)64(57(52-69)79-65)80-66-62(75)60(73)59(72)56(51-68)78-66/h6,8,12,14,37,40,44,46-47,49,54-57,59-66,68-70,72-76H,3-5,7,9-11,13,15-36,38-39,41-43,45,48,50-53H2,1-2H3,(H,67,71)/b8-6-,14-12-,40-37-,46-44-,49-47+. The second-order valence-electron chi connectivity index (χ2n) is 22.9. The van der Waals surface area contributed by atoms with Gasteiger partial charge in [-0.25, -0.2) is 0 Å². The number of unbranched alkanes of at least 4 members (excludes halogenated alkanes) is 31. The van der Waals surface area contributed by atoms with E-state index < -0.39 is 86.8 Å². The number of rotatable bonds is 52. The number of ether oxygens (including phenoxy) is 4. The summed E-state index contributed by atoms with van der Waals surface area (Å²) < 4.78 is 22.7. The van der Waals surface area contributed by atoms with Crippen LogP contribution in [0.2, 0.25) is 0 Å². The smallest absolute Gasteiger partial charge is 0.220 e. The topological polar surface area (TPSA) is 228 Å². The minimum Gasteiger partial charge on any atom is -0.394 e. The van der Waals surface area contributed by atoms with Crippen LogP contribution in [-0.2, 0) is 23.7 Å². The van der Waals surface area contributed by atoms with Crippen molar-refractivity contribution in [2.45, 2.75) is 331 Å². The lowest BCUT2D eigenvalue weighted by Crippen LogP contribution is -2.65. The van der Waals surface area contributed by atoms with Crippen LogP contribution < -0.4 is 5.32 Å². The van der Waals surface area contributed by atoms with Crippen LogP contribution in [0.4, 0.5) is 0 Å². The Bertz CT molecular complexity index is 1570. The lowest BCUT2D eigenvalue weighted by Gasteiger charge is -2.46. The fourth-order valence-corrected chi connectivity index (χ4v) is 10.5. The van der Waals surface area contributed by atoms with Gasteiger partial charge in [-0.05, 0) is 44.9 Å². The van der Waals surface area contributed by atoms with E-state index in [-0.39, 0.29) is 18.9 Å². The first-order valence-electron chi connectivity index (χ1n) is 32.5. The maximum Gasteiger partial charge on any atom is 0.220 e. The van der Waals surface area contributed by atoms with Crippen LogP contribution in [0, 0.1) is 0 Å². The molecule has 1 amide bonds. The predicted molar refractivity (Wildman–Crippen MR) is 323 cm³/mol. The molecule has 12 unspecified atom stereocenters. The van der Waals surface area contributed by atoms with E-state index in [0.29, 0.717) is 6.42 Å². The highest BCUT2D eigenvalue weighted by molar-refractivity contribution is 5.76. The van der Waals surface area contributed by atoms with Gasteiger partial charge in [0, 0.05) is 6.42 Å². The molecule has 0 aliphatic carbocycles. The molecule has 0 aromatic rings. The zero-order chi connectivity index (χ0) is 58.1. The summed E-state index contributed by atoms with van der Waals surface area (Å²) in [5.41, 5.74) is 0. The van der Waals surface area contributed by atoms with Gasteiger partial charge in [0.1, 0.15) is 48.8 Å². The molecule has 2 rings (SSSR count). The van der Waals surface area contributed by atoms with E-state index in [2.05, 4.69) is 55.6 Å². The summed E-state index contributed by atoms with van der Waals surface area (Å²) in [5, 5.41) is 87.0. The summed E-state index contributed by atoms with van der Waals surface area (Å²) in [5.74, 6) is -0.318. The number of carbonyl (C=O) groups excluding carboxylic acids is 1. The second-order valence-corrected chi connectivity index (χ2v) is 22.9. The van der Waals surface area contributed by atoms with E-state index in [1.165, 1.54) is 186 Å². The number of amides is 1. The zero-order valence-electron chi connectivity index (χ0n) is 50.3. The highest BCUT2D eigenvalue weighted by Gasteiger charge is 2.51. The third kappa shape index (κ3) is 35.7. The van der Waals surface area contributed by atoms with E-state index in [1.54, 1.807) is 6.08 Å². The van der Waals surface area contributed by atoms with Crippen molar-refractivity contribution < 1.29 is 64.6 Å². The van der Waals surface area contributed by atoms with Crippen LogP contribution in [-0.4, -0.2) is 140 Å². The quantitative estimate of drug-likeness (QED) is 0.0204. The summed E-state index contributed by atoms with van der Waals surface area (Å²) >= 11 is 0. The van der Waals surface area contributed by atoms with Gasteiger partial charge >= 0.3 is 0 Å². The molecule has 2 aliphatic rings. The van der Waals surface area contributed by atoms with Crippen LogP contribution in [0.3, 0.4) is 0 Å². The SMILES string of the molecule is CC/C=C\C/C=C\C/C=C\C/C=C\CCC(=O)NC(COC1OC(CO)C(OC2OC(CO)C(O)C(O)C2O)C(O)C1O)C(O)/C=C/CCCCCCCCCCCCCCCCCCCCCCCCCCCCCCCCC. The molecule has 2 aliphatic heterocycles. The van der Waals surface area contributed by atoms with E-state index in [0.717, 1.165) is 44.9 Å². The number of aliphatic hydroxyl groups is 8. The van der Waals surface area contributed by atoms with Crippen molar-refractivity contribution >= 4 is 5.91 Å². The molecule has 2 saturated heterocycles. The van der Waals surface area contributed by atoms with Gasteiger partial charge in [-0.3, -0.25) is 4.79 Å². The minimum atomic E-state index is -1.80. The molecule has 0 radical (unpaired) electrons. The Labute approximate surface area is 486 Å². The van der Waals surface area contributed by atoms with E-state index in [4.69, 9.17) is 18.9 Å². The molecule has 80 heavy (non-hydrogen) atoms. The molecular formula is C66H119NO13. The third-order valence-electron chi connectivity index (χ3n) is 15.7. The summed E-state index contributed by atoms with van der Waals surface area (Å²) in [6, 6.07) is -0.955. The fourth-order valence-electron chi connectivity index (χ4n) is 10.5. The molecule has 2 heterocycles. The van der Waals surface area contributed by atoms with Crippen LogP contribution in [0.25, 0.3) is 0 Å². The van der Waals surface area contributed by atoms with E-state index in [1.807, 2.05) is 18.2 Å². The molecule has 0 aromatic heterocycles. The Morgan fingerprint density at radius 3 is 1.30 bits per heavy atom. The molecule has 466 valence electrons. The highest BCUT2D eigenvalue weighted by Crippen LogP contribution is 2.30. The lowest BCUT2D eigenvalue weighted by atomic mass is 9.97. The van der Waals surface area contributed by atoms with Crippen molar-refractivity contribution in [3.63, 3.8) is 0 Å². The number of aliphatic hydroxyl groups excluding tert-OH is 8. The largest absolute Gasteiger partial charge is 0.394 e. The number of hydrogen-bond donors (Lipinski definition) is 9. The first kappa shape index (κ1) is 73.8. The third-order valence-corrected chi connectivity index (χ3v) is 15.7. The normalized spacial score (nSPS) is 24.6. The zero-order valence-corrected chi connectivity index (χ0v) is 50.3. The number of nitrogens with one attached hydrogen (secondary N) is 1. The molecule has 2 fully saturated rings. The van der Waals surface area contributed by atoms with Crippen LogP contribution >= 0.6 is 0 Å². The maximum atomic E-state index is 13.2. The second kappa shape index (κ2) is 51.1. The van der Waals surface area contributed by atoms with Crippen molar-refractivity contribution in [2.24, 2.45) is 0 Å². The maximum absolute atomic E-state index is 13.2. The monoisotopic (exact) mass is 1130 g/mol. The molecule has 0 saturated carbocycles. The molecule has 9 N–H and O–H groups in total. The number of allylic oxidation sites excluding steroid dienone is 9. The summed E-state index contributed by atoms with van der Waals surface area (Å²) in [7, 11) is 0. The Morgan fingerprint density at radius 2 is 0.863 bits per heavy atom. The number of carbonyl (C=O) groups is 1. The molecule has 12 atom stereocenters. The molecule has 0 spiro atoms. The molecule has 14 nitrogen and oxygen atoms in total. The lowest BCUT2D eigenvalue weighted by molar-refractivity contribution is -0.359. The number of hydrogen-bond acceptors (Lipinski definition) is 13. The molecular weight excluding hydrogens is 1010 g/mol. The van der Waals surface area contributed by atoms with E-state index in [9.17, 15) is 45.6 Å². The van der Waals surface area contributed by atoms with Crippen molar-refractivity contribution in [3.8, 4) is 0 Å². The first-order chi connectivity index (χ1) is 39.1. The van der Waals surface area contributed by atoms with Crippen molar-refractivity contribution in [3.05, 3.63) is 60.8 Å². The van der Waals surface area contributed by atoms with Crippen LogP contribution in [0.15, 0.2) is 60.8 Å². The minimum absolute atomic E-state index is 0.158. The van der Waals surface area contributed by atoms with Gasteiger partial charge in [0.05, 0.1) is 32.0 Å². The van der Waals surface area contributed by atoms with Crippen LogP contribution in [0.1, 0.15) is 258 Å². The summed E-state index contributed by atoms with van der Waals surface area (Å²) in [6.07, 6.45) is 50.4. The van der Waals surface area contributed by atoms with Crippen molar-refractivity contribution in [1.82, 2.24) is 5.32 Å². The fraction of sp³-hybridized carbons (Fsp3) is 0.833. The average Bonchev–Trinajstić information content (AvgIpc) is 3.47. The summed E-state index contributed by atoms with van der Waals surface area (Å²) in [4.78, 5) is 13.2. The van der Waals surface area contributed by atoms with Gasteiger partial charge in [0.2, 0.25) is 5.91 Å². The Balaban J connectivity index is 1.65. The van der Waals surface area contributed by atoms with E-state index >= 15 is 0 Å². The Morgan fingerprint density at radius 1 is 0.463 bits per heavy atom. The van der Waals surface area contributed by atoms with Gasteiger partial charge in [0.15, 0.2) is 12.6 Å². The Hall–Kier alpha value is -2.31. The van der Waals surface area contributed by atoms with Gasteiger partial charge < -0.3 is 65.1 Å². The molecule has 14 heteroatoms. The summed E-state index contributed by atoms with van der Waals surface area (Å²) in [6.45, 7) is 2.64. The average molecular weight is 1130 g/mol. The molecule has 0 aromatic carbocycles. The van der Waals surface area contributed by atoms with Crippen LogP contribution in [0.5, 0.6) is 0 Å². The Kier molecular flexibility index (Phi) is 47.2. The highest BCUT2D eigenvalue weighted by atomic mass is 16.7. The van der Waals surface area contributed by atoms with Gasteiger partial charge in [0.25, 0.3) is 0 Å². The van der Waals surface area contributed by atoms with Crippen molar-refractivity contribution in [2.75, 3.05) is 19.8 Å². The van der Waals surface area contributed by atoms with Gasteiger partial charge in [-0.1, -0.05) is 267 Å².